The lowest BCUT2D eigenvalue weighted by Gasteiger charge is -2.36. The van der Waals surface area contributed by atoms with Gasteiger partial charge in [0, 0.05) is 0 Å². The number of sulfone groups is 1. The fourth-order valence-electron chi connectivity index (χ4n) is 3.59. The van der Waals surface area contributed by atoms with Gasteiger partial charge in [-0.2, -0.15) is 8.42 Å². The summed E-state index contributed by atoms with van der Waals surface area (Å²) < 4.78 is 114. The van der Waals surface area contributed by atoms with Crippen LogP contribution in [-0.2, 0) is 20.0 Å². The third kappa shape index (κ3) is 5.58. The normalized spacial score (nSPS) is 14.4. The Bertz CT molecular complexity index is 1240. The van der Waals surface area contributed by atoms with Gasteiger partial charge in [-0.25, -0.2) is 26.0 Å². The van der Waals surface area contributed by atoms with Crippen molar-refractivity contribution in [1.29, 1.82) is 0 Å². The lowest BCUT2D eigenvalue weighted by atomic mass is 9.69. The Morgan fingerprint density at radius 3 is 1.48 bits per heavy atom. The number of rotatable bonds is 5. The van der Waals surface area contributed by atoms with Crippen LogP contribution in [0.4, 0.5) is 17.6 Å². The first-order valence-corrected chi connectivity index (χ1v) is 12.8. The maximum atomic E-state index is 14.4. The van der Waals surface area contributed by atoms with Crippen LogP contribution < -0.4 is 0 Å². The van der Waals surface area contributed by atoms with E-state index < -0.39 is 57.9 Å². The molecule has 1 N–H and O–H groups in total. The quantitative estimate of drug-likeness (QED) is 0.308. The summed E-state index contributed by atoms with van der Waals surface area (Å²) in [6, 6.07) is 5.06. The third-order valence-corrected chi connectivity index (χ3v) is 7.83. The van der Waals surface area contributed by atoms with Crippen LogP contribution in [0.15, 0.2) is 39.0 Å². The van der Waals surface area contributed by atoms with Gasteiger partial charge in [-0.15, -0.1) is 0 Å². The summed E-state index contributed by atoms with van der Waals surface area (Å²) in [7, 11) is -10.8. The Labute approximate surface area is 191 Å². The van der Waals surface area contributed by atoms with E-state index in [0.717, 1.165) is 24.1 Å². The van der Waals surface area contributed by atoms with Crippen molar-refractivity contribution in [1.82, 2.24) is 0 Å². The average Bonchev–Trinajstić information content (AvgIpc) is 2.62. The lowest BCUT2D eigenvalue weighted by molar-refractivity contribution is 0.229. The lowest BCUT2D eigenvalue weighted by Crippen LogP contribution is -2.24. The van der Waals surface area contributed by atoms with E-state index in [0.29, 0.717) is 0 Å². The van der Waals surface area contributed by atoms with E-state index in [-0.39, 0.29) is 16.7 Å². The van der Waals surface area contributed by atoms with Crippen molar-refractivity contribution >= 4 is 20.0 Å². The molecule has 0 radical (unpaired) electrons. The molecule has 0 spiro atoms. The SMILES string of the molecule is CC(C)(C)CC(c1ccc(S(=O)(=O)c2c(F)c(F)c(S(=O)(=O)O)c(F)c2F)cc1)C(C)(C)C. The van der Waals surface area contributed by atoms with Gasteiger partial charge in [0.1, 0.15) is 4.90 Å². The second-order valence-electron chi connectivity index (χ2n) is 10.1. The highest BCUT2D eigenvalue weighted by Gasteiger charge is 2.38. The first-order chi connectivity index (χ1) is 14.7. The second kappa shape index (κ2) is 8.66. The summed E-state index contributed by atoms with van der Waals surface area (Å²) >= 11 is 0. The van der Waals surface area contributed by atoms with Gasteiger partial charge in [0.2, 0.25) is 9.84 Å². The highest BCUT2D eigenvalue weighted by atomic mass is 32.2. The molecule has 0 aliphatic heterocycles. The van der Waals surface area contributed by atoms with Gasteiger partial charge < -0.3 is 0 Å². The van der Waals surface area contributed by atoms with Crippen LogP contribution in [0.2, 0.25) is 0 Å². The number of benzene rings is 2. The molecule has 0 heterocycles. The summed E-state index contributed by atoms with van der Waals surface area (Å²) in [6.45, 7) is 12.2. The zero-order chi connectivity index (χ0) is 25.7. The van der Waals surface area contributed by atoms with E-state index in [1.807, 2.05) is 20.8 Å². The van der Waals surface area contributed by atoms with Crippen LogP contribution in [0, 0.1) is 34.1 Å². The molecule has 0 aliphatic rings. The largest absolute Gasteiger partial charge is 0.300 e. The van der Waals surface area contributed by atoms with E-state index in [4.69, 9.17) is 4.55 Å². The molecule has 0 saturated heterocycles. The molecule has 33 heavy (non-hydrogen) atoms. The van der Waals surface area contributed by atoms with Crippen LogP contribution >= 0.6 is 0 Å². The summed E-state index contributed by atoms with van der Waals surface area (Å²) in [5, 5.41) is 0. The van der Waals surface area contributed by atoms with Gasteiger partial charge in [-0.1, -0.05) is 53.7 Å². The summed E-state index contributed by atoms with van der Waals surface area (Å²) in [6.07, 6.45) is 0.749. The van der Waals surface area contributed by atoms with Crippen molar-refractivity contribution in [3.05, 3.63) is 53.1 Å². The van der Waals surface area contributed by atoms with Crippen molar-refractivity contribution < 1.29 is 39.0 Å². The van der Waals surface area contributed by atoms with Crippen LogP contribution in [0.5, 0.6) is 0 Å². The van der Waals surface area contributed by atoms with Crippen LogP contribution in [0.3, 0.4) is 0 Å². The molecule has 2 aromatic carbocycles. The highest BCUT2D eigenvalue weighted by Crippen LogP contribution is 2.43. The van der Waals surface area contributed by atoms with E-state index in [9.17, 15) is 34.4 Å². The van der Waals surface area contributed by atoms with Gasteiger partial charge in [-0.05, 0) is 40.9 Å². The summed E-state index contributed by atoms with van der Waals surface area (Å²) in [5.74, 6) is -9.99. The van der Waals surface area contributed by atoms with Crippen molar-refractivity contribution in [3.63, 3.8) is 0 Å². The molecule has 184 valence electrons. The molecule has 2 aromatic rings. The van der Waals surface area contributed by atoms with Crippen LogP contribution in [-0.4, -0.2) is 21.4 Å². The smallest absolute Gasteiger partial charge is 0.282 e. The van der Waals surface area contributed by atoms with Crippen molar-refractivity contribution in [3.8, 4) is 0 Å². The number of hydrogen-bond donors (Lipinski definition) is 1. The van der Waals surface area contributed by atoms with E-state index >= 15 is 0 Å². The topological polar surface area (TPSA) is 88.5 Å². The molecule has 0 saturated carbocycles. The van der Waals surface area contributed by atoms with Gasteiger partial charge >= 0.3 is 10.1 Å². The molecule has 0 fully saturated rings. The molecular weight excluding hydrogens is 484 g/mol. The molecule has 1 atom stereocenters. The van der Waals surface area contributed by atoms with Crippen molar-refractivity contribution in [2.75, 3.05) is 0 Å². The molecule has 0 amide bonds. The van der Waals surface area contributed by atoms with Crippen LogP contribution in [0.1, 0.15) is 59.4 Å². The highest BCUT2D eigenvalue weighted by molar-refractivity contribution is 7.91. The Hall–Kier alpha value is -1.98. The fourth-order valence-corrected chi connectivity index (χ4v) is 5.60. The Balaban J connectivity index is 2.66. The van der Waals surface area contributed by atoms with Gasteiger partial charge in [0.05, 0.1) is 4.90 Å². The molecular formula is C22H26F4O5S2. The predicted octanol–water partition coefficient (Wildman–Crippen LogP) is 5.89. The minimum absolute atomic E-state index is 0.00772. The average molecular weight is 511 g/mol. The number of hydrogen-bond acceptors (Lipinski definition) is 4. The van der Waals surface area contributed by atoms with E-state index in [1.165, 1.54) is 12.1 Å². The van der Waals surface area contributed by atoms with Gasteiger partial charge in [-0.3, -0.25) is 4.55 Å². The fraction of sp³-hybridized carbons (Fsp3) is 0.455. The standard InChI is InChI=1S/C22H26F4O5S2/c1-21(2,3)11-14(22(4,5)6)12-7-9-13(10-8-12)32(27,28)19-15(23)17(25)20(33(29,30)31)18(26)16(19)24/h7-10,14H,11H2,1-6H3,(H,29,30,31). The Kier molecular flexibility index (Phi) is 7.16. The first kappa shape index (κ1) is 27.3. The molecule has 1 unspecified atom stereocenters. The second-order valence-corrected chi connectivity index (χ2v) is 13.4. The molecule has 11 heteroatoms. The van der Waals surface area contributed by atoms with E-state index in [2.05, 4.69) is 20.8 Å². The summed E-state index contributed by atoms with van der Waals surface area (Å²) in [5.41, 5.74) is 0.499. The van der Waals surface area contributed by atoms with Gasteiger partial charge in [0.15, 0.2) is 28.2 Å². The monoisotopic (exact) mass is 510 g/mol. The molecule has 0 aromatic heterocycles. The molecule has 0 aliphatic carbocycles. The van der Waals surface area contributed by atoms with Crippen molar-refractivity contribution in [2.24, 2.45) is 10.8 Å². The first-order valence-electron chi connectivity index (χ1n) is 9.88. The Morgan fingerprint density at radius 2 is 1.15 bits per heavy atom. The zero-order valence-electron chi connectivity index (χ0n) is 19.0. The number of halogens is 4. The maximum absolute atomic E-state index is 14.4. The Morgan fingerprint density at radius 1 is 0.758 bits per heavy atom. The minimum atomic E-state index is -5.71. The summed E-state index contributed by atoms with van der Waals surface area (Å²) in [4.78, 5) is -4.94. The van der Waals surface area contributed by atoms with Crippen molar-refractivity contribution in [2.45, 2.75) is 68.6 Å². The zero-order valence-corrected chi connectivity index (χ0v) is 20.6. The van der Waals surface area contributed by atoms with E-state index in [1.54, 1.807) is 0 Å². The third-order valence-electron chi connectivity index (χ3n) is 5.16. The minimum Gasteiger partial charge on any atom is -0.282 e. The van der Waals surface area contributed by atoms with Gasteiger partial charge in [0.25, 0.3) is 0 Å². The molecule has 0 bridgehead atoms. The maximum Gasteiger partial charge on any atom is 0.300 e. The molecule has 5 nitrogen and oxygen atoms in total. The molecule has 2 rings (SSSR count). The van der Waals surface area contributed by atoms with Crippen LogP contribution in [0.25, 0.3) is 0 Å². The predicted molar refractivity (Wildman–Crippen MR) is 114 cm³/mol.